The van der Waals surface area contributed by atoms with Gasteiger partial charge in [-0.3, -0.25) is 0 Å². The number of nitrogens with one attached hydrogen (secondary N) is 1. The van der Waals surface area contributed by atoms with Crippen LogP contribution in [0.25, 0.3) is 0 Å². The Bertz CT molecular complexity index is 545. The van der Waals surface area contributed by atoms with Gasteiger partial charge in [-0.05, 0) is 25.0 Å². The van der Waals surface area contributed by atoms with E-state index in [-0.39, 0.29) is 17.3 Å². The predicted molar refractivity (Wildman–Crippen MR) is 78.1 cm³/mol. The average Bonchev–Trinajstić information content (AvgIpc) is 2.44. The Morgan fingerprint density at radius 1 is 1.35 bits per heavy atom. The third-order valence-corrected chi connectivity index (χ3v) is 5.10. The molecule has 0 fully saturated rings. The minimum absolute atomic E-state index is 0.00826. The lowest BCUT2D eigenvalue weighted by Crippen LogP contribution is -2.50. The van der Waals surface area contributed by atoms with Crippen molar-refractivity contribution in [2.45, 2.75) is 37.1 Å². The maximum Gasteiger partial charge on any atom is 0.244 e. The molecule has 6 nitrogen and oxygen atoms in total. The number of ether oxygens (including phenoxy) is 1. The standard InChI is InChI=1S/C13H22N2O4S/c1-4-13(5-2,9-16)15-20(17,18)12-7-6-10(14)8-11(12)19-3/h6-8,15-16H,4-5,9,14H2,1-3H3. The summed E-state index contributed by atoms with van der Waals surface area (Å²) in [6.45, 7) is 3.38. The van der Waals surface area contributed by atoms with Crippen molar-refractivity contribution in [3.8, 4) is 5.75 Å². The molecule has 1 rings (SSSR count). The van der Waals surface area contributed by atoms with E-state index >= 15 is 0 Å². The first kappa shape index (κ1) is 16.7. The Morgan fingerprint density at radius 2 is 1.95 bits per heavy atom. The molecule has 0 saturated heterocycles. The van der Waals surface area contributed by atoms with Crippen molar-refractivity contribution in [2.75, 3.05) is 19.5 Å². The van der Waals surface area contributed by atoms with Crippen LogP contribution in [0.5, 0.6) is 5.75 Å². The largest absolute Gasteiger partial charge is 0.495 e. The van der Waals surface area contributed by atoms with E-state index in [1.807, 2.05) is 13.8 Å². The minimum atomic E-state index is -3.80. The highest BCUT2D eigenvalue weighted by atomic mass is 32.2. The van der Waals surface area contributed by atoms with Crippen LogP contribution in [0, 0.1) is 0 Å². The molecule has 0 aromatic heterocycles. The number of aliphatic hydroxyl groups is 1. The number of hydrogen-bond donors (Lipinski definition) is 3. The quantitative estimate of drug-likeness (QED) is 0.655. The van der Waals surface area contributed by atoms with Gasteiger partial charge in [0.05, 0.1) is 19.3 Å². The maximum atomic E-state index is 12.5. The van der Waals surface area contributed by atoms with Gasteiger partial charge in [0.2, 0.25) is 10.0 Å². The van der Waals surface area contributed by atoms with Crippen LogP contribution in [-0.2, 0) is 10.0 Å². The summed E-state index contributed by atoms with van der Waals surface area (Å²) in [6, 6.07) is 4.34. The average molecular weight is 302 g/mol. The summed E-state index contributed by atoms with van der Waals surface area (Å²) < 4.78 is 32.6. The Kier molecular flexibility index (Phi) is 5.38. The molecular formula is C13H22N2O4S. The number of benzene rings is 1. The highest BCUT2D eigenvalue weighted by Crippen LogP contribution is 2.28. The van der Waals surface area contributed by atoms with Crippen LogP contribution >= 0.6 is 0 Å². The fourth-order valence-electron chi connectivity index (χ4n) is 1.90. The third kappa shape index (κ3) is 3.41. The summed E-state index contributed by atoms with van der Waals surface area (Å²) in [5.41, 5.74) is 5.16. The molecule has 0 aliphatic carbocycles. The van der Waals surface area contributed by atoms with Gasteiger partial charge < -0.3 is 15.6 Å². The first-order valence-electron chi connectivity index (χ1n) is 6.42. The number of methoxy groups -OCH3 is 1. The first-order chi connectivity index (χ1) is 9.34. The molecule has 4 N–H and O–H groups in total. The summed E-state index contributed by atoms with van der Waals surface area (Å²) in [4.78, 5) is 0.00826. The molecule has 0 atom stereocenters. The molecule has 7 heteroatoms. The molecule has 114 valence electrons. The molecule has 0 spiro atoms. The fraction of sp³-hybridized carbons (Fsp3) is 0.538. The summed E-state index contributed by atoms with van der Waals surface area (Å²) >= 11 is 0. The van der Waals surface area contributed by atoms with E-state index in [1.165, 1.54) is 25.3 Å². The minimum Gasteiger partial charge on any atom is -0.495 e. The Hall–Kier alpha value is -1.31. The number of rotatable bonds is 7. The summed E-state index contributed by atoms with van der Waals surface area (Å²) in [6.07, 6.45) is 0.965. The van der Waals surface area contributed by atoms with Gasteiger partial charge in [0.15, 0.2) is 0 Å². The lowest BCUT2D eigenvalue weighted by atomic mass is 9.96. The molecule has 0 aliphatic heterocycles. The van der Waals surface area contributed by atoms with Gasteiger partial charge >= 0.3 is 0 Å². The smallest absolute Gasteiger partial charge is 0.244 e. The van der Waals surface area contributed by atoms with Crippen molar-refractivity contribution in [3.05, 3.63) is 18.2 Å². The summed E-state index contributed by atoms with van der Waals surface area (Å²) in [5, 5.41) is 9.48. The van der Waals surface area contributed by atoms with Crippen molar-refractivity contribution >= 4 is 15.7 Å². The highest BCUT2D eigenvalue weighted by Gasteiger charge is 2.32. The topological polar surface area (TPSA) is 102 Å². The van der Waals surface area contributed by atoms with Crippen molar-refractivity contribution < 1.29 is 18.3 Å². The van der Waals surface area contributed by atoms with Crippen LogP contribution in [0.4, 0.5) is 5.69 Å². The van der Waals surface area contributed by atoms with E-state index in [9.17, 15) is 13.5 Å². The third-order valence-electron chi connectivity index (χ3n) is 3.48. The Balaban J connectivity index is 3.24. The molecule has 0 heterocycles. The van der Waals surface area contributed by atoms with Crippen LogP contribution in [0.15, 0.2) is 23.1 Å². The van der Waals surface area contributed by atoms with Crippen molar-refractivity contribution in [1.29, 1.82) is 0 Å². The van der Waals surface area contributed by atoms with Gasteiger partial charge in [0, 0.05) is 11.8 Å². The molecule has 1 aromatic rings. The number of sulfonamides is 1. The molecule has 0 unspecified atom stereocenters. The Morgan fingerprint density at radius 3 is 2.40 bits per heavy atom. The molecule has 0 radical (unpaired) electrons. The SMILES string of the molecule is CCC(CC)(CO)NS(=O)(=O)c1ccc(N)cc1OC. The molecule has 20 heavy (non-hydrogen) atoms. The van der Waals surface area contributed by atoms with E-state index in [4.69, 9.17) is 10.5 Å². The van der Waals surface area contributed by atoms with Gasteiger partial charge in [0.25, 0.3) is 0 Å². The van der Waals surface area contributed by atoms with Crippen molar-refractivity contribution in [3.63, 3.8) is 0 Å². The molecule has 0 aliphatic rings. The summed E-state index contributed by atoms with van der Waals surface area (Å²) in [7, 11) is -2.42. The van der Waals surface area contributed by atoms with E-state index in [0.717, 1.165) is 0 Å². The van der Waals surface area contributed by atoms with Crippen LogP contribution in [0.3, 0.4) is 0 Å². The number of aliphatic hydroxyl groups excluding tert-OH is 1. The zero-order valence-electron chi connectivity index (χ0n) is 12.0. The Labute approximate surface area is 120 Å². The van der Waals surface area contributed by atoms with Gasteiger partial charge in [-0.15, -0.1) is 0 Å². The molecule has 0 amide bonds. The van der Waals surface area contributed by atoms with Crippen molar-refractivity contribution in [1.82, 2.24) is 4.72 Å². The van der Waals surface area contributed by atoms with E-state index in [1.54, 1.807) is 0 Å². The second-order valence-electron chi connectivity index (χ2n) is 4.66. The predicted octanol–water partition coefficient (Wildman–Crippen LogP) is 1.11. The van der Waals surface area contributed by atoms with Crippen LogP contribution < -0.4 is 15.2 Å². The van der Waals surface area contributed by atoms with Crippen LogP contribution in [0.1, 0.15) is 26.7 Å². The van der Waals surface area contributed by atoms with Gasteiger partial charge in [-0.1, -0.05) is 13.8 Å². The molecule has 0 saturated carbocycles. The van der Waals surface area contributed by atoms with Gasteiger partial charge in [0.1, 0.15) is 10.6 Å². The fourth-order valence-corrected chi connectivity index (χ4v) is 3.58. The molecular weight excluding hydrogens is 280 g/mol. The zero-order chi connectivity index (χ0) is 15.4. The molecule has 1 aromatic carbocycles. The number of nitrogens with two attached hydrogens (primary N) is 1. The molecule has 0 bridgehead atoms. The summed E-state index contributed by atoms with van der Waals surface area (Å²) in [5.74, 6) is 0.177. The zero-order valence-corrected chi connectivity index (χ0v) is 12.8. The van der Waals surface area contributed by atoms with Crippen molar-refractivity contribution in [2.24, 2.45) is 0 Å². The number of anilines is 1. The van der Waals surface area contributed by atoms with Crippen LogP contribution in [-0.4, -0.2) is 32.8 Å². The number of nitrogen functional groups attached to an aromatic ring is 1. The first-order valence-corrected chi connectivity index (χ1v) is 7.90. The second-order valence-corrected chi connectivity index (χ2v) is 6.31. The normalized spacial score (nSPS) is 12.4. The van der Waals surface area contributed by atoms with E-state index in [2.05, 4.69) is 4.72 Å². The van der Waals surface area contributed by atoms with Gasteiger partial charge in [-0.2, -0.15) is 0 Å². The maximum absolute atomic E-state index is 12.5. The lowest BCUT2D eigenvalue weighted by Gasteiger charge is -2.30. The second kappa shape index (κ2) is 6.43. The van der Waals surface area contributed by atoms with Gasteiger partial charge in [-0.25, -0.2) is 13.1 Å². The lowest BCUT2D eigenvalue weighted by molar-refractivity contribution is 0.172. The number of hydrogen-bond acceptors (Lipinski definition) is 5. The van der Waals surface area contributed by atoms with E-state index < -0.39 is 15.6 Å². The monoisotopic (exact) mass is 302 g/mol. The van der Waals surface area contributed by atoms with Crippen LogP contribution in [0.2, 0.25) is 0 Å². The van der Waals surface area contributed by atoms with E-state index in [0.29, 0.717) is 18.5 Å². The highest BCUT2D eigenvalue weighted by molar-refractivity contribution is 7.89.